The Morgan fingerprint density at radius 1 is 1.22 bits per heavy atom. The number of aromatic nitrogens is 1. The van der Waals surface area contributed by atoms with E-state index in [2.05, 4.69) is 4.98 Å². The molecule has 1 aromatic rings. The van der Waals surface area contributed by atoms with Crippen LogP contribution < -0.4 is 0 Å². The predicted octanol–water partition coefficient (Wildman–Crippen LogP) is 5.58. The summed E-state index contributed by atoms with van der Waals surface area (Å²) in [6.45, 7) is 4.90. The lowest BCUT2D eigenvalue weighted by atomic mass is 9.45. The molecule has 0 amide bonds. The molecular formula is C27H30F3NO5S. The van der Waals surface area contributed by atoms with Crippen molar-refractivity contribution in [1.29, 1.82) is 0 Å². The molecule has 6 nitrogen and oxygen atoms in total. The third-order valence-corrected chi connectivity index (χ3v) is 10.6. The standard InChI is InChI=1S/C27H30F3NO5S/c1-14-9-16-17-12-19(29)18-10-15(32)11-21(33)25(18,3)26(17,30)7-6-24(16,2)27(14,23(35)37-13-28)36-22(34)20-5-4-8-31-20/h4-5,8,10-11,14,16-17,19,31,33H,6-7,9,12-13H2,1-3H3/t14-,16+,17+,19+,24+,25-,26-,27+/m1/s1. The zero-order chi connectivity index (χ0) is 27.0. The van der Waals surface area contributed by atoms with Crippen molar-refractivity contribution in [3.05, 3.63) is 47.5 Å². The molecule has 1 heterocycles. The van der Waals surface area contributed by atoms with E-state index < -0.39 is 74.7 Å². The number of halogens is 3. The minimum Gasteiger partial charge on any atom is -0.511 e. The maximum Gasteiger partial charge on any atom is 0.355 e. The van der Waals surface area contributed by atoms with Crippen molar-refractivity contribution in [2.45, 2.75) is 63.9 Å². The Labute approximate surface area is 217 Å². The number of fused-ring (bicyclic) bond motifs is 5. The average molecular weight is 538 g/mol. The van der Waals surface area contributed by atoms with Gasteiger partial charge in [0.05, 0.1) is 5.41 Å². The van der Waals surface area contributed by atoms with Gasteiger partial charge < -0.3 is 14.8 Å². The number of esters is 1. The molecule has 4 aliphatic rings. The molecule has 0 aromatic carbocycles. The maximum absolute atomic E-state index is 17.3. The lowest BCUT2D eigenvalue weighted by Gasteiger charge is -2.61. The van der Waals surface area contributed by atoms with E-state index in [1.807, 2.05) is 0 Å². The van der Waals surface area contributed by atoms with Crippen molar-refractivity contribution in [3.8, 4) is 0 Å². The topological polar surface area (TPSA) is 96.5 Å². The van der Waals surface area contributed by atoms with Crippen LogP contribution in [0.5, 0.6) is 0 Å². The van der Waals surface area contributed by atoms with Gasteiger partial charge in [-0.3, -0.25) is 9.59 Å². The zero-order valence-corrected chi connectivity index (χ0v) is 21.7. The Morgan fingerprint density at radius 3 is 2.59 bits per heavy atom. The quantitative estimate of drug-likeness (QED) is 0.487. The number of nitrogens with one attached hydrogen (secondary N) is 1. The summed E-state index contributed by atoms with van der Waals surface area (Å²) in [7, 11) is 0. The Balaban J connectivity index is 1.61. The van der Waals surface area contributed by atoms with Gasteiger partial charge in [0, 0.05) is 29.5 Å². The van der Waals surface area contributed by atoms with Gasteiger partial charge >= 0.3 is 5.97 Å². The molecule has 10 heteroatoms. The highest BCUT2D eigenvalue weighted by molar-refractivity contribution is 8.13. The number of allylic oxidation sites excluding steroid dienone is 3. The molecule has 37 heavy (non-hydrogen) atoms. The molecule has 0 radical (unpaired) electrons. The van der Waals surface area contributed by atoms with Gasteiger partial charge in [-0.1, -0.05) is 13.8 Å². The number of carbonyl (C=O) groups excluding carboxylic acids is 3. The van der Waals surface area contributed by atoms with Gasteiger partial charge in [-0.25, -0.2) is 18.0 Å². The fourth-order valence-electron chi connectivity index (χ4n) is 8.02. The Morgan fingerprint density at radius 2 is 1.95 bits per heavy atom. The second-order valence-electron chi connectivity index (χ2n) is 11.2. The van der Waals surface area contributed by atoms with Crippen molar-refractivity contribution >= 4 is 28.6 Å². The van der Waals surface area contributed by atoms with Crippen molar-refractivity contribution in [2.75, 3.05) is 6.01 Å². The van der Waals surface area contributed by atoms with Crippen molar-refractivity contribution in [1.82, 2.24) is 4.98 Å². The molecular weight excluding hydrogens is 507 g/mol. The summed E-state index contributed by atoms with van der Waals surface area (Å²) in [5.74, 6) is -4.02. The van der Waals surface area contributed by atoms with E-state index in [9.17, 15) is 23.9 Å². The predicted molar refractivity (Wildman–Crippen MR) is 131 cm³/mol. The first-order chi connectivity index (χ1) is 17.4. The highest BCUT2D eigenvalue weighted by atomic mass is 32.2. The van der Waals surface area contributed by atoms with Gasteiger partial charge in [-0.15, -0.1) is 0 Å². The number of H-pyrrole nitrogens is 1. The minimum atomic E-state index is -2.11. The van der Waals surface area contributed by atoms with Crippen LogP contribution in [0.1, 0.15) is 56.9 Å². The highest BCUT2D eigenvalue weighted by Crippen LogP contribution is 2.72. The summed E-state index contributed by atoms with van der Waals surface area (Å²) >= 11 is 0.415. The fourth-order valence-corrected chi connectivity index (χ4v) is 8.81. The van der Waals surface area contributed by atoms with E-state index in [4.69, 9.17) is 4.74 Å². The number of rotatable bonds is 4. The number of aliphatic hydroxyl groups excluding tert-OH is 1. The molecule has 8 atom stereocenters. The molecule has 3 saturated carbocycles. The third kappa shape index (κ3) is 3.23. The third-order valence-electron chi connectivity index (χ3n) is 9.91. The molecule has 0 bridgehead atoms. The molecule has 0 spiro atoms. The second kappa shape index (κ2) is 8.51. The summed E-state index contributed by atoms with van der Waals surface area (Å²) in [6.07, 6.45) is 1.79. The second-order valence-corrected chi connectivity index (χ2v) is 12.1. The van der Waals surface area contributed by atoms with Crippen LogP contribution in [-0.2, 0) is 14.3 Å². The van der Waals surface area contributed by atoms with Gasteiger partial charge in [0.25, 0.3) is 0 Å². The van der Waals surface area contributed by atoms with E-state index >= 15 is 8.78 Å². The Kier molecular flexibility index (Phi) is 6.01. The Bertz CT molecular complexity index is 1220. The van der Waals surface area contributed by atoms with Gasteiger partial charge in [0.1, 0.15) is 29.3 Å². The molecule has 3 fully saturated rings. The number of hydrogen-bond donors (Lipinski definition) is 2. The van der Waals surface area contributed by atoms with Gasteiger partial charge in [0.15, 0.2) is 11.4 Å². The molecule has 4 aliphatic carbocycles. The number of ketones is 1. The van der Waals surface area contributed by atoms with E-state index in [0.717, 1.165) is 12.2 Å². The van der Waals surface area contributed by atoms with Gasteiger partial charge in [-0.2, -0.15) is 0 Å². The van der Waals surface area contributed by atoms with Crippen molar-refractivity contribution < 1.29 is 37.4 Å². The Hall–Kier alpha value is -2.49. The SMILES string of the molecule is C[C@@H]1C[C@H]2[C@@H]3C[C@H](F)C4=CC(=O)C=C(O)[C@]4(C)[C@@]3(F)CC[C@]2(C)[C@@]1(OC(=O)c1ccc[nH]1)C(=O)SCF. The smallest absolute Gasteiger partial charge is 0.355 e. The number of hydrogen-bond acceptors (Lipinski definition) is 6. The largest absolute Gasteiger partial charge is 0.511 e. The normalized spacial score (nSPS) is 42.7. The number of ether oxygens (including phenoxy) is 1. The van der Waals surface area contributed by atoms with E-state index in [0.29, 0.717) is 11.8 Å². The van der Waals surface area contributed by atoms with Crippen LogP contribution in [0.15, 0.2) is 41.8 Å². The van der Waals surface area contributed by atoms with E-state index in [-0.39, 0.29) is 37.0 Å². The van der Waals surface area contributed by atoms with Gasteiger partial charge in [0.2, 0.25) is 5.12 Å². The fraction of sp³-hybridized carbons (Fsp3) is 0.593. The average Bonchev–Trinajstić information content (AvgIpc) is 3.45. The number of alkyl halides is 3. The van der Waals surface area contributed by atoms with Crippen LogP contribution in [0.2, 0.25) is 0 Å². The first-order valence-electron chi connectivity index (χ1n) is 12.5. The maximum atomic E-state index is 17.3. The highest BCUT2D eigenvalue weighted by Gasteiger charge is 2.76. The number of thioether (sulfide) groups is 1. The van der Waals surface area contributed by atoms with E-state index in [1.54, 1.807) is 19.9 Å². The molecule has 0 aliphatic heterocycles. The zero-order valence-electron chi connectivity index (χ0n) is 20.9. The van der Waals surface area contributed by atoms with E-state index in [1.165, 1.54) is 19.2 Å². The van der Waals surface area contributed by atoms with Gasteiger partial charge in [-0.05, 0) is 74.1 Å². The summed E-state index contributed by atoms with van der Waals surface area (Å²) < 4.78 is 52.5. The number of carbonyl (C=O) groups is 3. The molecule has 200 valence electrons. The monoisotopic (exact) mass is 537 g/mol. The summed E-state index contributed by atoms with van der Waals surface area (Å²) in [6, 6.07) is 2.08. The first kappa shape index (κ1) is 26.1. The molecule has 0 unspecified atom stereocenters. The molecule has 2 N–H and O–H groups in total. The lowest BCUT2D eigenvalue weighted by molar-refractivity contribution is -0.184. The lowest BCUT2D eigenvalue weighted by Crippen LogP contribution is -2.66. The van der Waals surface area contributed by atoms with Crippen LogP contribution in [0.3, 0.4) is 0 Å². The minimum absolute atomic E-state index is 0.0700. The summed E-state index contributed by atoms with van der Waals surface area (Å²) in [4.78, 5) is 41.5. The van der Waals surface area contributed by atoms with Crippen LogP contribution in [-0.4, -0.2) is 50.4 Å². The first-order valence-corrected chi connectivity index (χ1v) is 13.5. The molecule has 1 aromatic heterocycles. The number of aromatic amines is 1. The van der Waals surface area contributed by atoms with Crippen molar-refractivity contribution in [2.24, 2.45) is 28.6 Å². The number of aliphatic hydroxyl groups is 1. The molecule has 5 rings (SSSR count). The molecule has 0 saturated heterocycles. The van der Waals surface area contributed by atoms with Crippen LogP contribution in [0.25, 0.3) is 0 Å². The van der Waals surface area contributed by atoms with Crippen LogP contribution >= 0.6 is 11.8 Å². The van der Waals surface area contributed by atoms with Crippen LogP contribution in [0, 0.1) is 28.6 Å². The summed E-state index contributed by atoms with van der Waals surface area (Å²) in [5.41, 5.74) is -6.67. The van der Waals surface area contributed by atoms with Crippen LogP contribution in [0.4, 0.5) is 13.2 Å². The summed E-state index contributed by atoms with van der Waals surface area (Å²) in [5, 5.41) is 10.2. The van der Waals surface area contributed by atoms with Crippen molar-refractivity contribution in [3.63, 3.8) is 0 Å².